The van der Waals surface area contributed by atoms with Gasteiger partial charge in [0.15, 0.2) is 0 Å². The van der Waals surface area contributed by atoms with Crippen molar-refractivity contribution in [3.63, 3.8) is 0 Å². The van der Waals surface area contributed by atoms with Crippen LogP contribution in [0.25, 0.3) is 39.7 Å². The zero-order valence-corrected chi connectivity index (χ0v) is 14.5. The molecule has 28 heavy (non-hydrogen) atoms. The molecule has 0 amide bonds. The Balaban J connectivity index is 1.46. The number of ether oxygens (including phenoxy) is 1. The van der Waals surface area contributed by atoms with Gasteiger partial charge >= 0.3 is 0 Å². The van der Waals surface area contributed by atoms with Crippen LogP contribution in [0.3, 0.4) is 0 Å². The number of nitrogens with zero attached hydrogens (tertiary/aromatic N) is 6. The van der Waals surface area contributed by atoms with E-state index in [2.05, 4.69) is 25.1 Å². The highest BCUT2D eigenvalue weighted by molar-refractivity contribution is 5.82. The number of benzene rings is 1. The number of hydrogen-bond acceptors (Lipinski definition) is 7. The molecule has 0 aliphatic heterocycles. The van der Waals surface area contributed by atoms with Crippen molar-refractivity contribution in [1.82, 2.24) is 29.5 Å². The number of rotatable bonds is 5. The van der Waals surface area contributed by atoms with Crippen LogP contribution in [0, 0.1) is 0 Å². The molecule has 138 valence electrons. The summed E-state index contributed by atoms with van der Waals surface area (Å²) in [5, 5.41) is 4.88. The molecule has 0 aliphatic rings. The summed E-state index contributed by atoms with van der Waals surface area (Å²) < 4.78 is 24.7. The van der Waals surface area contributed by atoms with Gasteiger partial charge in [0.25, 0.3) is 5.89 Å². The minimum absolute atomic E-state index is 0.0290. The van der Waals surface area contributed by atoms with Crippen LogP contribution < -0.4 is 4.74 Å². The Morgan fingerprint density at radius 2 is 2.00 bits per heavy atom. The average Bonchev–Trinajstić information content (AvgIpc) is 3.40. The lowest BCUT2D eigenvalue weighted by Gasteiger charge is -2.05. The molecule has 0 atom stereocenters. The summed E-state index contributed by atoms with van der Waals surface area (Å²) in [5.74, 6) is 1.25. The van der Waals surface area contributed by atoms with Crippen LogP contribution in [0.5, 0.6) is 5.75 Å². The van der Waals surface area contributed by atoms with E-state index in [1.54, 1.807) is 47.4 Å². The third-order valence-corrected chi connectivity index (χ3v) is 4.17. The molecule has 0 saturated heterocycles. The van der Waals surface area contributed by atoms with Crippen LogP contribution in [0.1, 0.15) is 0 Å². The Bertz CT molecular complexity index is 1280. The van der Waals surface area contributed by atoms with Crippen molar-refractivity contribution in [2.75, 3.05) is 13.3 Å². The number of alkyl halides is 1. The first-order chi connectivity index (χ1) is 13.8. The summed E-state index contributed by atoms with van der Waals surface area (Å²) in [6.45, 7) is -0.501. The third-order valence-electron chi connectivity index (χ3n) is 4.17. The molecule has 0 radical (unpaired) electrons. The van der Waals surface area contributed by atoms with E-state index in [1.165, 1.54) is 0 Å². The summed E-state index contributed by atoms with van der Waals surface area (Å²) in [6.07, 6.45) is 5.13. The molecule has 0 unspecified atom stereocenters. The van der Waals surface area contributed by atoms with E-state index >= 15 is 0 Å². The molecule has 9 heteroatoms. The van der Waals surface area contributed by atoms with Crippen molar-refractivity contribution in [2.45, 2.75) is 0 Å². The fourth-order valence-corrected chi connectivity index (χ4v) is 2.84. The smallest absolute Gasteiger partial charge is 0.277 e. The van der Waals surface area contributed by atoms with E-state index in [0.717, 1.165) is 16.6 Å². The predicted octanol–water partition coefficient (Wildman–Crippen LogP) is 3.34. The van der Waals surface area contributed by atoms with Gasteiger partial charge in [0.2, 0.25) is 5.82 Å². The van der Waals surface area contributed by atoms with E-state index in [0.29, 0.717) is 23.0 Å². The third kappa shape index (κ3) is 2.92. The second-order valence-corrected chi connectivity index (χ2v) is 5.98. The lowest BCUT2D eigenvalue weighted by molar-refractivity contribution is 0.273. The zero-order valence-electron chi connectivity index (χ0n) is 14.5. The number of halogens is 1. The van der Waals surface area contributed by atoms with E-state index in [4.69, 9.17) is 9.26 Å². The first kappa shape index (κ1) is 16.3. The highest BCUT2D eigenvalue weighted by Gasteiger charge is 2.14. The van der Waals surface area contributed by atoms with Gasteiger partial charge in [0.05, 0.1) is 5.52 Å². The molecule has 1 aromatic carbocycles. The van der Waals surface area contributed by atoms with Gasteiger partial charge in [-0.05, 0) is 24.3 Å². The summed E-state index contributed by atoms with van der Waals surface area (Å²) in [7, 11) is 0. The van der Waals surface area contributed by atoms with Crippen LogP contribution in [-0.4, -0.2) is 42.8 Å². The van der Waals surface area contributed by atoms with Gasteiger partial charge in [-0.15, -0.1) is 0 Å². The lowest BCUT2D eigenvalue weighted by Crippen LogP contribution is -1.98. The average molecular weight is 376 g/mol. The molecule has 4 aromatic heterocycles. The molecular formula is C19H13FN6O2. The molecular weight excluding hydrogens is 363 g/mol. The van der Waals surface area contributed by atoms with E-state index in [1.807, 2.05) is 12.1 Å². The topological polar surface area (TPSA) is 91.2 Å². The van der Waals surface area contributed by atoms with Gasteiger partial charge in [0.1, 0.15) is 42.4 Å². The molecule has 0 saturated carbocycles. The van der Waals surface area contributed by atoms with Crippen LogP contribution >= 0.6 is 0 Å². The van der Waals surface area contributed by atoms with E-state index < -0.39 is 6.67 Å². The first-order valence-electron chi connectivity index (χ1n) is 8.53. The van der Waals surface area contributed by atoms with Crippen LogP contribution in [0.2, 0.25) is 0 Å². The van der Waals surface area contributed by atoms with Crippen molar-refractivity contribution in [3.05, 3.63) is 55.1 Å². The normalized spacial score (nSPS) is 11.3. The number of fused-ring (bicyclic) bond motifs is 2. The van der Waals surface area contributed by atoms with Gasteiger partial charge in [-0.3, -0.25) is 4.40 Å². The van der Waals surface area contributed by atoms with Crippen LogP contribution in [-0.2, 0) is 0 Å². The maximum Gasteiger partial charge on any atom is 0.277 e. The monoisotopic (exact) mass is 376 g/mol. The SMILES string of the molecule is FCCOc1ccc2nc(-c3noc(-c4cc5nccn5cn4)n3)ccc2c1. The molecule has 0 aliphatic carbocycles. The highest BCUT2D eigenvalue weighted by atomic mass is 19.1. The van der Waals surface area contributed by atoms with Gasteiger partial charge < -0.3 is 9.26 Å². The maximum atomic E-state index is 12.2. The molecule has 5 rings (SSSR count). The standard InChI is InChI=1S/C19H13FN6O2/c20-5-8-27-13-2-4-14-12(9-13)1-3-15(23-14)18-24-19(28-25-18)16-10-17-21-6-7-26(17)11-22-16/h1-4,6-7,9-11H,5,8H2. The van der Waals surface area contributed by atoms with Crippen molar-refractivity contribution in [2.24, 2.45) is 0 Å². The lowest BCUT2D eigenvalue weighted by atomic mass is 10.2. The second-order valence-electron chi connectivity index (χ2n) is 5.98. The van der Waals surface area contributed by atoms with Crippen molar-refractivity contribution in [3.8, 4) is 28.9 Å². The van der Waals surface area contributed by atoms with Crippen LogP contribution in [0.15, 0.2) is 59.6 Å². The molecule has 4 heterocycles. The van der Waals surface area contributed by atoms with Gasteiger partial charge in [0, 0.05) is 23.8 Å². The Labute approximate surface area is 157 Å². The first-order valence-corrected chi connectivity index (χ1v) is 8.53. The molecule has 0 bridgehead atoms. The fourth-order valence-electron chi connectivity index (χ4n) is 2.84. The van der Waals surface area contributed by atoms with Crippen molar-refractivity contribution in [1.29, 1.82) is 0 Å². The number of hydrogen-bond donors (Lipinski definition) is 0. The zero-order chi connectivity index (χ0) is 18.9. The van der Waals surface area contributed by atoms with Crippen molar-refractivity contribution < 1.29 is 13.7 Å². The summed E-state index contributed by atoms with van der Waals surface area (Å²) in [4.78, 5) is 17.5. The summed E-state index contributed by atoms with van der Waals surface area (Å²) >= 11 is 0. The number of pyridine rings is 1. The molecule has 8 nitrogen and oxygen atoms in total. The van der Waals surface area contributed by atoms with Crippen molar-refractivity contribution >= 4 is 16.6 Å². The van der Waals surface area contributed by atoms with Gasteiger partial charge in [-0.1, -0.05) is 11.2 Å². The predicted molar refractivity (Wildman–Crippen MR) is 98.5 cm³/mol. The molecule has 5 aromatic rings. The minimum Gasteiger partial charge on any atom is -0.491 e. The maximum absolute atomic E-state index is 12.2. The van der Waals surface area contributed by atoms with E-state index in [9.17, 15) is 4.39 Å². The molecule has 0 fully saturated rings. The molecule has 0 spiro atoms. The summed E-state index contributed by atoms with van der Waals surface area (Å²) in [5.41, 5.74) is 2.59. The Morgan fingerprint density at radius 3 is 2.93 bits per heavy atom. The van der Waals surface area contributed by atoms with E-state index in [-0.39, 0.29) is 12.5 Å². The summed E-state index contributed by atoms with van der Waals surface area (Å²) in [6, 6.07) is 10.8. The number of imidazole rings is 1. The molecule has 0 N–H and O–H groups in total. The largest absolute Gasteiger partial charge is 0.491 e. The quantitative estimate of drug-likeness (QED) is 0.464. The minimum atomic E-state index is -0.530. The Kier molecular flexibility index (Phi) is 3.90. The fraction of sp³-hybridized carbons (Fsp3) is 0.105. The van der Waals surface area contributed by atoms with Crippen LogP contribution in [0.4, 0.5) is 4.39 Å². The highest BCUT2D eigenvalue weighted by Crippen LogP contribution is 2.24. The second kappa shape index (κ2) is 6.69. The number of aromatic nitrogens is 6. The van der Waals surface area contributed by atoms with Gasteiger partial charge in [-0.25, -0.2) is 19.3 Å². The Hall–Kier alpha value is -3.88. The Morgan fingerprint density at radius 1 is 1.04 bits per heavy atom. The van der Waals surface area contributed by atoms with Gasteiger partial charge in [-0.2, -0.15) is 4.98 Å².